The lowest BCUT2D eigenvalue weighted by molar-refractivity contribution is -0.112. The first-order valence-corrected chi connectivity index (χ1v) is 24.8. The minimum absolute atomic E-state index is 0.122. The number of piperazine rings is 2. The SMILES string of the molecule is C=CC(=O)Nc1cccc(Oc2nc(Cl)nc3ccsc23)c1.C=CC(=O)Nc1cccc(Oc2nc(Nc3ccc(N4CCN(C)CC4)cc3)nc3ccsc23)c1.CN1CCN(c2ccc(N)cc2)CC1. The van der Waals surface area contributed by atoms with Gasteiger partial charge in [0.15, 0.2) is 0 Å². The Balaban J connectivity index is 0.000000159. The van der Waals surface area contributed by atoms with Crippen LogP contribution in [0.3, 0.4) is 0 Å². The molecule has 8 aromatic rings. The molecular weight excluding hydrogens is 956 g/mol. The fraction of sp³-hybridized carbons (Fsp3) is 0.192. The molecule has 0 saturated carbocycles. The number of ether oxygens (including phenoxy) is 2. The van der Waals surface area contributed by atoms with Gasteiger partial charge in [0.25, 0.3) is 0 Å². The molecule has 2 aliphatic rings. The van der Waals surface area contributed by atoms with Crippen molar-refractivity contribution in [3.8, 4) is 23.3 Å². The largest absolute Gasteiger partial charge is 0.437 e. The Morgan fingerprint density at radius 2 is 1.07 bits per heavy atom. The van der Waals surface area contributed by atoms with Gasteiger partial charge in [0, 0.05) is 98.6 Å². The smallest absolute Gasteiger partial charge is 0.247 e. The van der Waals surface area contributed by atoms with E-state index in [0.717, 1.165) is 84.2 Å². The molecule has 0 radical (unpaired) electrons. The summed E-state index contributed by atoms with van der Waals surface area (Å²) in [6.07, 6.45) is 2.43. The molecule has 2 fully saturated rings. The van der Waals surface area contributed by atoms with E-state index in [1.165, 1.54) is 46.2 Å². The Labute approximate surface area is 425 Å². The lowest BCUT2D eigenvalue weighted by Crippen LogP contribution is -2.44. The van der Waals surface area contributed by atoms with Gasteiger partial charge in [0.05, 0.1) is 11.0 Å². The molecule has 6 heterocycles. The van der Waals surface area contributed by atoms with Gasteiger partial charge >= 0.3 is 0 Å². The molecule has 0 spiro atoms. The normalized spacial score (nSPS) is 13.8. The van der Waals surface area contributed by atoms with Gasteiger partial charge in [-0.1, -0.05) is 25.3 Å². The Morgan fingerprint density at radius 1 is 0.606 bits per heavy atom. The minimum Gasteiger partial charge on any atom is -0.437 e. The third kappa shape index (κ3) is 13.8. The zero-order valence-electron chi connectivity index (χ0n) is 39.3. The second-order valence-corrected chi connectivity index (χ2v) is 18.6. The van der Waals surface area contributed by atoms with Crippen LogP contribution < -0.4 is 41.0 Å². The first kappa shape index (κ1) is 49.8. The zero-order valence-corrected chi connectivity index (χ0v) is 41.6. The Hall–Kier alpha value is -7.61. The maximum Gasteiger partial charge on any atom is 0.247 e. The summed E-state index contributed by atoms with van der Waals surface area (Å²) in [4.78, 5) is 50.0. The molecule has 0 aliphatic carbocycles. The number of carbonyl (C=O) groups excluding carboxylic acids is 2. The summed E-state index contributed by atoms with van der Waals surface area (Å²) in [5, 5.41) is 12.7. The van der Waals surface area contributed by atoms with Crippen LogP contribution in [0.1, 0.15) is 0 Å². The Bertz CT molecular complexity index is 3100. The number of nitrogen functional groups attached to an aromatic ring is 1. The first-order valence-electron chi connectivity index (χ1n) is 22.7. The number of likely N-dealkylation sites (N-methyl/N-ethyl adjacent to an activating group) is 2. The number of halogens is 1. The van der Waals surface area contributed by atoms with Gasteiger partial charge in [-0.25, -0.2) is 9.97 Å². The summed E-state index contributed by atoms with van der Waals surface area (Å²) in [5.74, 6) is 1.81. The van der Waals surface area contributed by atoms with Crippen molar-refractivity contribution in [2.24, 2.45) is 0 Å². The van der Waals surface area contributed by atoms with Gasteiger partial charge in [0.2, 0.25) is 34.8 Å². The highest BCUT2D eigenvalue weighted by atomic mass is 35.5. The van der Waals surface area contributed by atoms with Crippen molar-refractivity contribution >= 4 is 107 Å². The van der Waals surface area contributed by atoms with Crippen molar-refractivity contribution < 1.29 is 19.1 Å². The number of nitrogens with two attached hydrogens (primary N) is 1. The molecule has 0 unspecified atom stereocenters. The van der Waals surface area contributed by atoms with Gasteiger partial charge in [-0.3, -0.25) is 9.59 Å². The van der Waals surface area contributed by atoms with Crippen LogP contribution in [0.25, 0.3) is 20.4 Å². The number of amides is 2. The number of anilines is 7. The second-order valence-electron chi connectivity index (χ2n) is 16.4. The van der Waals surface area contributed by atoms with Crippen LogP contribution in [0, 0.1) is 0 Å². The maximum atomic E-state index is 11.6. The number of nitrogens with one attached hydrogen (secondary N) is 3. The van der Waals surface area contributed by atoms with E-state index in [1.807, 2.05) is 59.3 Å². The second kappa shape index (κ2) is 23.8. The molecule has 16 nitrogen and oxygen atoms in total. The van der Waals surface area contributed by atoms with Crippen molar-refractivity contribution in [3.63, 3.8) is 0 Å². The molecule has 71 heavy (non-hydrogen) atoms. The molecule has 19 heteroatoms. The first-order chi connectivity index (χ1) is 34.5. The fourth-order valence-electron chi connectivity index (χ4n) is 7.42. The van der Waals surface area contributed by atoms with Crippen LogP contribution in [-0.2, 0) is 9.59 Å². The summed E-state index contributed by atoms with van der Waals surface area (Å²) in [7, 11) is 4.32. The van der Waals surface area contributed by atoms with E-state index in [-0.39, 0.29) is 17.1 Å². The van der Waals surface area contributed by atoms with Crippen LogP contribution in [0.15, 0.2) is 145 Å². The van der Waals surface area contributed by atoms with Crippen LogP contribution in [0.4, 0.5) is 40.1 Å². The molecule has 0 bridgehead atoms. The summed E-state index contributed by atoms with van der Waals surface area (Å²) in [6, 6.07) is 34.4. The van der Waals surface area contributed by atoms with E-state index in [2.05, 4.69) is 107 Å². The fourth-order valence-corrected chi connectivity index (χ4v) is 9.10. The van der Waals surface area contributed by atoms with E-state index in [4.69, 9.17) is 26.8 Å². The highest BCUT2D eigenvalue weighted by Crippen LogP contribution is 2.35. The van der Waals surface area contributed by atoms with E-state index < -0.39 is 0 Å². The molecule has 5 N–H and O–H groups in total. The zero-order chi connectivity index (χ0) is 49.7. The van der Waals surface area contributed by atoms with Crippen LogP contribution in [0.5, 0.6) is 23.3 Å². The van der Waals surface area contributed by atoms with E-state index >= 15 is 0 Å². The number of hydrogen-bond acceptors (Lipinski definition) is 16. The van der Waals surface area contributed by atoms with Crippen molar-refractivity contribution in [2.75, 3.05) is 97.9 Å². The Morgan fingerprint density at radius 3 is 1.56 bits per heavy atom. The number of thiophene rings is 2. The van der Waals surface area contributed by atoms with E-state index in [0.29, 0.717) is 40.6 Å². The van der Waals surface area contributed by atoms with Crippen molar-refractivity contribution in [3.05, 3.63) is 151 Å². The van der Waals surface area contributed by atoms with Gasteiger partial charge < -0.3 is 50.8 Å². The Kier molecular flexibility index (Phi) is 16.7. The quantitative estimate of drug-likeness (QED) is 0.0516. The topological polar surface area (TPSA) is 179 Å². The third-order valence-corrected chi connectivity index (χ3v) is 13.2. The number of rotatable bonds is 12. The maximum absolute atomic E-state index is 11.6. The number of hydrogen-bond donors (Lipinski definition) is 4. The summed E-state index contributed by atoms with van der Waals surface area (Å²) >= 11 is 8.88. The van der Waals surface area contributed by atoms with Crippen LogP contribution in [-0.4, -0.2) is 108 Å². The molecule has 4 aromatic heterocycles. The van der Waals surface area contributed by atoms with E-state index in [9.17, 15) is 9.59 Å². The predicted molar refractivity (Wildman–Crippen MR) is 291 cm³/mol. The molecule has 2 saturated heterocycles. The molecule has 2 amide bonds. The summed E-state index contributed by atoms with van der Waals surface area (Å²) in [6.45, 7) is 15.6. The number of nitrogens with zero attached hydrogens (tertiary/aromatic N) is 8. The molecule has 364 valence electrons. The van der Waals surface area contributed by atoms with Crippen molar-refractivity contribution in [1.29, 1.82) is 0 Å². The average Bonchev–Trinajstić information content (AvgIpc) is 4.06. The average molecular weight is 1010 g/mol. The van der Waals surface area contributed by atoms with Crippen molar-refractivity contribution in [2.45, 2.75) is 0 Å². The predicted octanol–water partition coefficient (Wildman–Crippen LogP) is 10.4. The van der Waals surface area contributed by atoms with Gasteiger partial charge in [-0.05, 0) is 134 Å². The molecule has 4 aromatic carbocycles. The standard InChI is InChI=1S/C26H26N6O2S.C15H10ClN3O2S.C11H17N3/c1-3-23(33)27-19-5-4-6-21(17-19)34-25-24-22(11-16-35-24)29-26(30-25)28-18-7-9-20(10-8-18)32-14-12-31(2)13-15-32;1-2-12(20)17-9-4-3-5-10(8-9)21-14-13-11(6-7-22-13)18-15(16)19-14;1-13-6-8-14(9-7-13)11-4-2-10(12)3-5-11/h3-11,16-17H,1,12-15H2,2H3,(H,27,33)(H,28,29,30);2-8H,1H2,(H,17,20);2-5H,6-9,12H2,1H3. The molecule has 2 aliphatic heterocycles. The number of carbonyl (C=O) groups is 2. The molecular formula is C52H53ClN12O4S2. The minimum atomic E-state index is -0.289. The van der Waals surface area contributed by atoms with Crippen molar-refractivity contribution in [1.82, 2.24) is 29.7 Å². The molecule has 10 rings (SSSR count). The number of fused-ring (bicyclic) bond motifs is 2. The summed E-state index contributed by atoms with van der Waals surface area (Å²) < 4.78 is 13.6. The highest BCUT2D eigenvalue weighted by molar-refractivity contribution is 7.17. The lowest BCUT2D eigenvalue weighted by Gasteiger charge is -2.34. The molecule has 0 atom stereocenters. The highest BCUT2D eigenvalue weighted by Gasteiger charge is 2.17. The van der Waals surface area contributed by atoms with Gasteiger partial charge in [-0.2, -0.15) is 9.97 Å². The van der Waals surface area contributed by atoms with E-state index in [1.54, 1.807) is 36.4 Å². The third-order valence-electron chi connectivity index (χ3n) is 11.3. The lowest BCUT2D eigenvalue weighted by atomic mass is 10.2. The number of benzene rings is 4. The monoisotopic (exact) mass is 1010 g/mol. The van der Waals surface area contributed by atoms with Crippen LogP contribution in [0.2, 0.25) is 5.28 Å². The van der Waals surface area contributed by atoms with Gasteiger partial charge in [-0.15, -0.1) is 22.7 Å². The number of aromatic nitrogens is 4. The summed E-state index contributed by atoms with van der Waals surface area (Å²) in [5.41, 5.74) is 12.6. The van der Waals surface area contributed by atoms with Crippen LogP contribution >= 0.6 is 34.3 Å². The van der Waals surface area contributed by atoms with Gasteiger partial charge in [0.1, 0.15) is 20.9 Å².